The number of nitrogens with two attached hydrogens (primary N) is 1. The SMILES string of the molecule is CCOc1ccc(C(CN)C(C)O)cc1. The molecule has 15 heavy (non-hydrogen) atoms. The Balaban J connectivity index is 2.77. The molecule has 0 aliphatic rings. The molecule has 2 unspecified atom stereocenters. The van der Waals surface area contributed by atoms with E-state index in [4.69, 9.17) is 10.5 Å². The minimum Gasteiger partial charge on any atom is -0.494 e. The first-order chi connectivity index (χ1) is 7.19. The molecule has 84 valence electrons. The van der Waals surface area contributed by atoms with E-state index >= 15 is 0 Å². The maximum atomic E-state index is 9.53. The summed E-state index contributed by atoms with van der Waals surface area (Å²) in [7, 11) is 0. The number of hydrogen-bond donors (Lipinski definition) is 2. The second-order valence-electron chi connectivity index (χ2n) is 3.58. The molecule has 0 aliphatic heterocycles. The number of rotatable bonds is 5. The lowest BCUT2D eigenvalue weighted by Gasteiger charge is -2.18. The zero-order valence-corrected chi connectivity index (χ0v) is 9.31. The highest BCUT2D eigenvalue weighted by molar-refractivity contribution is 5.30. The summed E-state index contributed by atoms with van der Waals surface area (Å²) in [5.74, 6) is 0.850. The van der Waals surface area contributed by atoms with E-state index < -0.39 is 6.10 Å². The van der Waals surface area contributed by atoms with Crippen molar-refractivity contribution in [3.63, 3.8) is 0 Å². The number of aliphatic hydroxyl groups excluding tert-OH is 1. The van der Waals surface area contributed by atoms with E-state index in [1.165, 1.54) is 0 Å². The van der Waals surface area contributed by atoms with Gasteiger partial charge in [-0.05, 0) is 31.5 Å². The molecule has 0 bridgehead atoms. The molecule has 0 aliphatic carbocycles. The van der Waals surface area contributed by atoms with Crippen LogP contribution in [0, 0.1) is 0 Å². The van der Waals surface area contributed by atoms with E-state index in [0.717, 1.165) is 11.3 Å². The standard InChI is InChI=1S/C12H19NO2/c1-3-15-11-6-4-10(5-7-11)12(8-13)9(2)14/h4-7,9,12,14H,3,8,13H2,1-2H3. The Kier molecular flexibility index (Phi) is 4.59. The first-order valence-corrected chi connectivity index (χ1v) is 5.30. The molecule has 3 heteroatoms. The summed E-state index contributed by atoms with van der Waals surface area (Å²) in [5, 5.41) is 9.53. The minimum absolute atomic E-state index is 0.000626. The third-order valence-electron chi connectivity index (χ3n) is 2.46. The lowest BCUT2D eigenvalue weighted by molar-refractivity contribution is 0.164. The van der Waals surface area contributed by atoms with Gasteiger partial charge in [0.2, 0.25) is 0 Å². The summed E-state index contributed by atoms with van der Waals surface area (Å²) in [4.78, 5) is 0. The van der Waals surface area contributed by atoms with Crippen molar-refractivity contribution in [1.82, 2.24) is 0 Å². The molecule has 0 heterocycles. The Hall–Kier alpha value is -1.06. The Morgan fingerprint density at radius 3 is 2.33 bits per heavy atom. The van der Waals surface area contributed by atoms with Gasteiger partial charge < -0.3 is 15.6 Å². The van der Waals surface area contributed by atoms with Crippen LogP contribution in [0.2, 0.25) is 0 Å². The highest BCUT2D eigenvalue weighted by Gasteiger charge is 2.15. The molecule has 1 aromatic rings. The molecule has 3 N–H and O–H groups in total. The summed E-state index contributed by atoms with van der Waals surface area (Å²) in [5.41, 5.74) is 6.66. The zero-order chi connectivity index (χ0) is 11.3. The fourth-order valence-corrected chi connectivity index (χ4v) is 1.59. The van der Waals surface area contributed by atoms with Crippen molar-refractivity contribution in [2.24, 2.45) is 5.73 Å². The van der Waals surface area contributed by atoms with Gasteiger partial charge in [0, 0.05) is 12.5 Å². The number of benzene rings is 1. The van der Waals surface area contributed by atoms with Gasteiger partial charge in [0.25, 0.3) is 0 Å². The molecule has 0 saturated heterocycles. The Bertz CT molecular complexity index is 282. The smallest absolute Gasteiger partial charge is 0.119 e. The quantitative estimate of drug-likeness (QED) is 0.772. The van der Waals surface area contributed by atoms with Crippen LogP contribution in [0.3, 0.4) is 0 Å². The normalized spacial score (nSPS) is 14.7. The Morgan fingerprint density at radius 1 is 1.33 bits per heavy atom. The fourth-order valence-electron chi connectivity index (χ4n) is 1.59. The van der Waals surface area contributed by atoms with Gasteiger partial charge in [0.15, 0.2) is 0 Å². The summed E-state index contributed by atoms with van der Waals surface area (Å²) < 4.78 is 5.34. The second kappa shape index (κ2) is 5.73. The van der Waals surface area contributed by atoms with Crippen LogP contribution < -0.4 is 10.5 Å². The maximum absolute atomic E-state index is 9.53. The van der Waals surface area contributed by atoms with Crippen LogP contribution in [0.4, 0.5) is 0 Å². The summed E-state index contributed by atoms with van der Waals surface area (Å²) in [6.07, 6.45) is -0.423. The third-order valence-corrected chi connectivity index (χ3v) is 2.46. The second-order valence-corrected chi connectivity index (χ2v) is 3.58. The van der Waals surface area contributed by atoms with Crippen molar-refractivity contribution in [1.29, 1.82) is 0 Å². The highest BCUT2D eigenvalue weighted by Crippen LogP contribution is 2.21. The molecule has 0 aromatic heterocycles. The average Bonchev–Trinajstić information content (AvgIpc) is 2.21. The lowest BCUT2D eigenvalue weighted by atomic mass is 9.94. The van der Waals surface area contributed by atoms with Gasteiger partial charge in [-0.2, -0.15) is 0 Å². The van der Waals surface area contributed by atoms with Crippen molar-refractivity contribution in [3.05, 3.63) is 29.8 Å². The van der Waals surface area contributed by atoms with Crippen LogP contribution in [0.1, 0.15) is 25.3 Å². The first kappa shape index (κ1) is 12.0. The van der Waals surface area contributed by atoms with Crippen LogP contribution in [0.15, 0.2) is 24.3 Å². The molecule has 1 aromatic carbocycles. The Morgan fingerprint density at radius 2 is 1.93 bits per heavy atom. The van der Waals surface area contributed by atoms with Gasteiger partial charge in [-0.1, -0.05) is 12.1 Å². The van der Waals surface area contributed by atoms with Crippen molar-refractivity contribution in [2.75, 3.05) is 13.2 Å². The van der Waals surface area contributed by atoms with Crippen LogP contribution >= 0.6 is 0 Å². The predicted molar refractivity (Wildman–Crippen MR) is 61.1 cm³/mol. The molecule has 0 radical (unpaired) electrons. The third kappa shape index (κ3) is 3.22. The van der Waals surface area contributed by atoms with Crippen molar-refractivity contribution < 1.29 is 9.84 Å². The molecule has 0 saturated carbocycles. The summed E-state index contributed by atoms with van der Waals surface area (Å²) in [6, 6.07) is 7.72. The number of hydrogen-bond acceptors (Lipinski definition) is 3. The van der Waals surface area contributed by atoms with E-state index in [9.17, 15) is 5.11 Å². The van der Waals surface area contributed by atoms with E-state index in [1.54, 1.807) is 6.92 Å². The topological polar surface area (TPSA) is 55.5 Å². The van der Waals surface area contributed by atoms with Crippen LogP contribution in [0.5, 0.6) is 5.75 Å². The minimum atomic E-state index is -0.423. The number of ether oxygens (including phenoxy) is 1. The van der Waals surface area contributed by atoms with Crippen molar-refractivity contribution in [2.45, 2.75) is 25.9 Å². The first-order valence-electron chi connectivity index (χ1n) is 5.30. The van der Waals surface area contributed by atoms with Gasteiger partial charge >= 0.3 is 0 Å². The zero-order valence-electron chi connectivity index (χ0n) is 9.31. The summed E-state index contributed by atoms with van der Waals surface area (Å²) in [6.45, 7) is 4.82. The van der Waals surface area contributed by atoms with Gasteiger partial charge in [0.05, 0.1) is 12.7 Å². The van der Waals surface area contributed by atoms with Gasteiger partial charge in [-0.3, -0.25) is 0 Å². The van der Waals surface area contributed by atoms with E-state index in [0.29, 0.717) is 13.2 Å². The van der Waals surface area contributed by atoms with Crippen LogP contribution in [-0.4, -0.2) is 24.4 Å². The largest absolute Gasteiger partial charge is 0.494 e. The molecule has 3 nitrogen and oxygen atoms in total. The predicted octanol–water partition coefficient (Wildman–Crippen LogP) is 1.51. The average molecular weight is 209 g/mol. The molecule has 0 spiro atoms. The van der Waals surface area contributed by atoms with E-state index in [-0.39, 0.29) is 5.92 Å². The number of aliphatic hydroxyl groups is 1. The van der Waals surface area contributed by atoms with Gasteiger partial charge in [-0.25, -0.2) is 0 Å². The molecular weight excluding hydrogens is 190 g/mol. The lowest BCUT2D eigenvalue weighted by Crippen LogP contribution is -2.23. The maximum Gasteiger partial charge on any atom is 0.119 e. The highest BCUT2D eigenvalue weighted by atomic mass is 16.5. The Labute approximate surface area is 90.9 Å². The fraction of sp³-hybridized carbons (Fsp3) is 0.500. The van der Waals surface area contributed by atoms with E-state index in [1.807, 2.05) is 31.2 Å². The molecule has 0 amide bonds. The van der Waals surface area contributed by atoms with Crippen LogP contribution in [-0.2, 0) is 0 Å². The van der Waals surface area contributed by atoms with Gasteiger partial charge in [0.1, 0.15) is 5.75 Å². The van der Waals surface area contributed by atoms with Crippen molar-refractivity contribution in [3.8, 4) is 5.75 Å². The molecule has 0 fully saturated rings. The molecule has 2 atom stereocenters. The molecular formula is C12H19NO2. The van der Waals surface area contributed by atoms with Gasteiger partial charge in [-0.15, -0.1) is 0 Å². The van der Waals surface area contributed by atoms with Crippen molar-refractivity contribution >= 4 is 0 Å². The molecule has 1 rings (SSSR count). The van der Waals surface area contributed by atoms with Crippen LogP contribution in [0.25, 0.3) is 0 Å². The monoisotopic (exact) mass is 209 g/mol. The van der Waals surface area contributed by atoms with E-state index in [2.05, 4.69) is 0 Å². The summed E-state index contributed by atoms with van der Waals surface area (Å²) >= 11 is 0.